The van der Waals surface area contributed by atoms with E-state index in [2.05, 4.69) is 33.2 Å². The van der Waals surface area contributed by atoms with E-state index in [0.29, 0.717) is 5.92 Å². The van der Waals surface area contributed by atoms with E-state index in [-0.39, 0.29) is 0 Å². The third-order valence-corrected chi connectivity index (χ3v) is 2.53. The normalized spacial score (nSPS) is 10.8. The van der Waals surface area contributed by atoms with Crippen LogP contribution in [-0.2, 0) is 0 Å². The Morgan fingerprint density at radius 1 is 1.14 bits per heavy atom. The van der Waals surface area contributed by atoms with Gasteiger partial charge in [-0.15, -0.1) is 0 Å². The Morgan fingerprint density at radius 2 is 2.00 bits per heavy atom. The van der Waals surface area contributed by atoms with Gasteiger partial charge in [0.25, 0.3) is 0 Å². The quantitative estimate of drug-likeness (QED) is 0.755. The van der Waals surface area contributed by atoms with Gasteiger partial charge in [0, 0.05) is 6.20 Å². The van der Waals surface area contributed by atoms with Crippen molar-refractivity contribution in [2.75, 3.05) is 0 Å². The van der Waals surface area contributed by atoms with Gasteiger partial charge < -0.3 is 0 Å². The molecule has 0 aliphatic rings. The fourth-order valence-corrected chi connectivity index (χ4v) is 1.52. The van der Waals surface area contributed by atoms with Crippen molar-refractivity contribution in [3.05, 3.63) is 24.4 Å². The highest BCUT2D eigenvalue weighted by atomic mass is 32.1. The maximum Gasteiger partial charge on any atom is 0.163 e. The summed E-state index contributed by atoms with van der Waals surface area (Å²) in [6.07, 6.45) is 5.06. The third kappa shape index (κ3) is 1.77. The zero-order chi connectivity index (χ0) is 9.97. The first kappa shape index (κ1) is 9.21. The molecular weight excluding hydrogens is 196 g/mol. The molecule has 0 amide bonds. The predicted octanol–water partition coefficient (Wildman–Crippen LogP) is 2.12. The highest BCUT2D eigenvalue weighted by Gasteiger charge is 2.05. The highest BCUT2D eigenvalue weighted by molar-refractivity contribution is 7.09. The van der Waals surface area contributed by atoms with Crippen molar-refractivity contribution in [3.8, 4) is 10.7 Å². The number of nitrogens with zero attached hydrogens (tertiary/aromatic N) is 4. The summed E-state index contributed by atoms with van der Waals surface area (Å²) >= 11 is 1.33. The Morgan fingerprint density at radius 3 is 2.50 bits per heavy atom. The molecule has 0 fully saturated rings. The molecule has 0 radical (unpaired) electrons. The Balaban J connectivity index is 2.31. The minimum absolute atomic E-state index is 0.408. The Hall–Kier alpha value is -1.36. The van der Waals surface area contributed by atoms with E-state index in [9.17, 15) is 0 Å². The topological polar surface area (TPSA) is 51.6 Å². The molecule has 0 N–H and O–H groups in total. The van der Waals surface area contributed by atoms with Gasteiger partial charge in [0.1, 0.15) is 12.0 Å². The van der Waals surface area contributed by atoms with Crippen LogP contribution in [0.15, 0.2) is 18.7 Å². The van der Waals surface area contributed by atoms with E-state index < -0.39 is 0 Å². The van der Waals surface area contributed by atoms with Crippen LogP contribution in [0.3, 0.4) is 0 Å². The average molecular weight is 206 g/mol. The first-order chi connectivity index (χ1) is 6.77. The van der Waals surface area contributed by atoms with Crippen molar-refractivity contribution >= 4 is 11.5 Å². The second kappa shape index (κ2) is 3.79. The lowest BCUT2D eigenvalue weighted by atomic mass is 10.1. The molecular formula is C9H10N4S. The van der Waals surface area contributed by atoms with Crippen LogP contribution in [0.5, 0.6) is 0 Å². The van der Waals surface area contributed by atoms with Gasteiger partial charge in [-0.2, -0.15) is 4.37 Å². The summed E-state index contributed by atoms with van der Waals surface area (Å²) in [5.74, 6) is 0.408. The van der Waals surface area contributed by atoms with Crippen LogP contribution in [-0.4, -0.2) is 19.3 Å². The van der Waals surface area contributed by atoms with Crippen molar-refractivity contribution in [2.24, 2.45) is 0 Å². The van der Waals surface area contributed by atoms with E-state index >= 15 is 0 Å². The van der Waals surface area contributed by atoms with E-state index in [1.807, 2.05) is 0 Å². The smallest absolute Gasteiger partial charge is 0.163 e. The second-order valence-corrected chi connectivity index (χ2v) is 4.01. The molecule has 5 heteroatoms. The molecule has 0 bridgehead atoms. The first-order valence-corrected chi connectivity index (χ1v) is 5.13. The summed E-state index contributed by atoms with van der Waals surface area (Å²) in [7, 11) is 0. The Bertz CT molecular complexity index is 393. The molecule has 0 aliphatic carbocycles. The second-order valence-electron chi connectivity index (χ2n) is 3.23. The number of aromatic nitrogens is 4. The molecule has 72 valence electrons. The van der Waals surface area contributed by atoms with E-state index in [4.69, 9.17) is 0 Å². The summed E-state index contributed by atoms with van der Waals surface area (Å²) in [5.41, 5.74) is 1.79. The fraction of sp³-hybridized carbons (Fsp3) is 0.333. The van der Waals surface area contributed by atoms with Crippen molar-refractivity contribution in [2.45, 2.75) is 19.8 Å². The molecule has 0 atom stereocenters. The monoisotopic (exact) mass is 206 g/mol. The van der Waals surface area contributed by atoms with Gasteiger partial charge in [0.05, 0.1) is 11.9 Å². The zero-order valence-corrected chi connectivity index (χ0v) is 8.82. The van der Waals surface area contributed by atoms with Gasteiger partial charge in [-0.3, -0.25) is 9.97 Å². The van der Waals surface area contributed by atoms with Crippen molar-refractivity contribution in [3.63, 3.8) is 0 Å². The van der Waals surface area contributed by atoms with Gasteiger partial charge in [-0.1, -0.05) is 13.8 Å². The standard InChI is InChI=1S/C9H10N4S/c1-6(2)7-3-11-8(4-10-7)9-12-5-13-14-9/h3-6H,1-2H3. The Kier molecular flexibility index (Phi) is 2.49. The predicted molar refractivity (Wildman–Crippen MR) is 55.0 cm³/mol. The van der Waals surface area contributed by atoms with Gasteiger partial charge in [0.2, 0.25) is 0 Å². The molecule has 0 aliphatic heterocycles. The maximum atomic E-state index is 4.31. The molecule has 0 unspecified atom stereocenters. The lowest BCUT2D eigenvalue weighted by molar-refractivity contribution is 0.813. The van der Waals surface area contributed by atoms with Crippen LogP contribution in [0.1, 0.15) is 25.5 Å². The molecule has 0 saturated heterocycles. The molecule has 4 nitrogen and oxygen atoms in total. The van der Waals surface area contributed by atoms with Crippen LogP contribution in [0, 0.1) is 0 Å². The summed E-state index contributed by atoms with van der Waals surface area (Å²) in [5, 5.41) is 0.813. The highest BCUT2D eigenvalue weighted by Crippen LogP contribution is 2.17. The molecule has 2 aromatic heterocycles. The summed E-state index contributed by atoms with van der Waals surface area (Å²) in [4.78, 5) is 12.7. The summed E-state index contributed by atoms with van der Waals surface area (Å²) in [6.45, 7) is 4.18. The van der Waals surface area contributed by atoms with Crippen molar-refractivity contribution in [1.82, 2.24) is 19.3 Å². The third-order valence-electron chi connectivity index (χ3n) is 1.84. The largest absolute Gasteiger partial charge is 0.257 e. The van der Waals surface area contributed by atoms with Gasteiger partial charge in [-0.25, -0.2) is 4.98 Å². The van der Waals surface area contributed by atoms with Crippen LogP contribution >= 0.6 is 11.5 Å². The minimum Gasteiger partial charge on any atom is -0.257 e. The lowest BCUT2D eigenvalue weighted by Crippen LogP contribution is -1.94. The molecule has 0 saturated carbocycles. The van der Waals surface area contributed by atoms with Crippen LogP contribution in [0.4, 0.5) is 0 Å². The molecule has 14 heavy (non-hydrogen) atoms. The zero-order valence-electron chi connectivity index (χ0n) is 8.01. The lowest BCUT2D eigenvalue weighted by Gasteiger charge is -2.02. The van der Waals surface area contributed by atoms with Crippen LogP contribution in [0.25, 0.3) is 10.7 Å². The Labute approximate surface area is 86.2 Å². The average Bonchev–Trinajstić information content (AvgIpc) is 2.71. The molecule has 0 spiro atoms. The first-order valence-electron chi connectivity index (χ1n) is 4.36. The number of rotatable bonds is 2. The number of hydrogen-bond donors (Lipinski definition) is 0. The van der Waals surface area contributed by atoms with E-state index in [0.717, 1.165) is 16.4 Å². The molecule has 0 aromatic carbocycles. The summed E-state index contributed by atoms with van der Waals surface area (Å²) in [6, 6.07) is 0. The fourth-order valence-electron chi connectivity index (χ4n) is 1.03. The van der Waals surface area contributed by atoms with Crippen molar-refractivity contribution in [1.29, 1.82) is 0 Å². The summed E-state index contributed by atoms with van der Waals surface area (Å²) < 4.78 is 3.92. The molecule has 2 rings (SSSR count). The maximum absolute atomic E-state index is 4.31. The van der Waals surface area contributed by atoms with Gasteiger partial charge in [0.15, 0.2) is 5.01 Å². The van der Waals surface area contributed by atoms with Gasteiger partial charge >= 0.3 is 0 Å². The minimum atomic E-state index is 0.408. The molecule has 2 heterocycles. The molecule has 2 aromatic rings. The van der Waals surface area contributed by atoms with E-state index in [1.165, 1.54) is 17.9 Å². The SMILES string of the molecule is CC(C)c1cnc(-c2ncns2)cn1. The van der Waals surface area contributed by atoms with E-state index in [1.54, 1.807) is 12.4 Å². The van der Waals surface area contributed by atoms with Gasteiger partial charge in [-0.05, 0) is 17.5 Å². The van der Waals surface area contributed by atoms with Crippen molar-refractivity contribution < 1.29 is 0 Å². The van der Waals surface area contributed by atoms with Crippen LogP contribution < -0.4 is 0 Å². The van der Waals surface area contributed by atoms with Crippen LogP contribution in [0.2, 0.25) is 0 Å². The number of hydrogen-bond acceptors (Lipinski definition) is 5.